The Kier molecular flexibility index (Phi) is 3.04. The van der Waals surface area contributed by atoms with E-state index in [9.17, 15) is 23.5 Å². The number of alkyl halides is 2. The van der Waals surface area contributed by atoms with E-state index < -0.39 is 35.9 Å². The highest BCUT2D eigenvalue weighted by Gasteiger charge is 2.65. The summed E-state index contributed by atoms with van der Waals surface area (Å²) in [5.41, 5.74) is -1.27. The lowest BCUT2D eigenvalue weighted by molar-refractivity contribution is -0.149. The molecule has 7 heteroatoms. The molecule has 102 valence electrons. The van der Waals surface area contributed by atoms with Crippen molar-refractivity contribution in [2.45, 2.75) is 43.2 Å². The van der Waals surface area contributed by atoms with Crippen LogP contribution in [0.25, 0.3) is 0 Å². The van der Waals surface area contributed by atoms with Gasteiger partial charge in [0.15, 0.2) is 0 Å². The van der Waals surface area contributed by atoms with Crippen molar-refractivity contribution in [3.05, 3.63) is 0 Å². The second kappa shape index (κ2) is 4.15. The third kappa shape index (κ3) is 1.68. The summed E-state index contributed by atoms with van der Waals surface area (Å²) in [6, 6.07) is 0. The molecule has 1 atom stereocenters. The summed E-state index contributed by atoms with van der Waals surface area (Å²) in [5, 5.41) is 11.9. The van der Waals surface area contributed by atoms with Gasteiger partial charge in [-0.3, -0.25) is 9.59 Å². The van der Waals surface area contributed by atoms with Crippen LogP contribution in [0.3, 0.4) is 0 Å². The van der Waals surface area contributed by atoms with Gasteiger partial charge in [0, 0.05) is 7.05 Å². The van der Waals surface area contributed by atoms with Crippen molar-refractivity contribution in [1.82, 2.24) is 10.2 Å². The molecule has 1 saturated carbocycles. The highest BCUT2D eigenvalue weighted by Crippen LogP contribution is 2.48. The Labute approximate surface area is 103 Å². The molecule has 2 aliphatic rings. The van der Waals surface area contributed by atoms with E-state index in [2.05, 4.69) is 5.32 Å². The topological polar surface area (TPSA) is 69.6 Å². The molecule has 0 radical (unpaired) electrons. The van der Waals surface area contributed by atoms with Gasteiger partial charge >= 0.3 is 11.8 Å². The van der Waals surface area contributed by atoms with Crippen LogP contribution in [-0.2, 0) is 9.59 Å². The molecule has 2 rings (SSSR count). The Balaban J connectivity index is 2.34. The van der Waals surface area contributed by atoms with Crippen molar-refractivity contribution in [2.75, 3.05) is 13.6 Å². The van der Waals surface area contributed by atoms with Gasteiger partial charge in [-0.2, -0.15) is 0 Å². The number of hydrogen-bond donors (Lipinski definition) is 2. The minimum Gasteiger partial charge on any atom is -0.384 e. The Morgan fingerprint density at radius 3 is 2.39 bits per heavy atom. The number of aliphatic hydroxyl groups excluding tert-OH is 1. The number of nitrogens with zero attached hydrogens (tertiary/aromatic N) is 1. The van der Waals surface area contributed by atoms with Crippen LogP contribution in [0.5, 0.6) is 0 Å². The second-order valence-electron chi connectivity index (χ2n) is 4.94. The fraction of sp³-hybridized carbons (Fsp3) is 0.818. The van der Waals surface area contributed by atoms with Crippen molar-refractivity contribution >= 4 is 11.8 Å². The number of halogens is 2. The minimum absolute atomic E-state index is 0.312. The number of carbonyl (C=O) groups excluding carboxylic acids is 2. The van der Waals surface area contributed by atoms with Crippen molar-refractivity contribution in [3.63, 3.8) is 0 Å². The Morgan fingerprint density at radius 2 is 1.89 bits per heavy atom. The SMILES string of the molecule is CNC(=O)C(=O)N1CC(F)(F)C(O)C12CCCC2. The summed E-state index contributed by atoms with van der Waals surface area (Å²) in [5.74, 6) is -5.27. The summed E-state index contributed by atoms with van der Waals surface area (Å²) < 4.78 is 27.3. The number of carbonyl (C=O) groups is 2. The van der Waals surface area contributed by atoms with Crippen LogP contribution in [0, 0.1) is 0 Å². The van der Waals surface area contributed by atoms with Crippen LogP contribution >= 0.6 is 0 Å². The van der Waals surface area contributed by atoms with E-state index in [1.54, 1.807) is 0 Å². The molecule has 2 N–H and O–H groups in total. The molecular formula is C11H16F2N2O3. The summed E-state index contributed by atoms with van der Waals surface area (Å²) in [6.45, 7) is -0.888. The third-order valence-corrected chi connectivity index (χ3v) is 3.95. The minimum atomic E-state index is -3.35. The number of likely N-dealkylation sites (N-methyl/N-ethyl adjacent to an activating group) is 1. The fourth-order valence-corrected chi connectivity index (χ4v) is 3.03. The molecule has 0 aromatic carbocycles. The quantitative estimate of drug-likeness (QED) is 0.598. The first-order valence-corrected chi connectivity index (χ1v) is 5.95. The molecular weight excluding hydrogens is 246 g/mol. The zero-order valence-corrected chi connectivity index (χ0v) is 10.1. The highest BCUT2D eigenvalue weighted by atomic mass is 19.3. The van der Waals surface area contributed by atoms with Crippen molar-refractivity contribution in [3.8, 4) is 0 Å². The molecule has 1 aliphatic heterocycles. The number of hydrogen-bond acceptors (Lipinski definition) is 3. The molecule has 2 fully saturated rings. The molecule has 5 nitrogen and oxygen atoms in total. The molecule has 0 aromatic heterocycles. The smallest absolute Gasteiger partial charge is 0.312 e. The maximum atomic E-state index is 13.6. The van der Waals surface area contributed by atoms with E-state index in [0.29, 0.717) is 25.7 Å². The summed E-state index contributed by atoms with van der Waals surface area (Å²) >= 11 is 0. The van der Waals surface area contributed by atoms with Gasteiger partial charge < -0.3 is 15.3 Å². The largest absolute Gasteiger partial charge is 0.384 e. The molecule has 1 aliphatic carbocycles. The lowest BCUT2D eigenvalue weighted by atomic mass is 9.90. The lowest BCUT2D eigenvalue weighted by Crippen LogP contribution is -2.54. The van der Waals surface area contributed by atoms with Crippen molar-refractivity contribution < 1.29 is 23.5 Å². The van der Waals surface area contributed by atoms with E-state index >= 15 is 0 Å². The molecule has 1 unspecified atom stereocenters. The van der Waals surface area contributed by atoms with Gasteiger partial charge in [-0.25, -0.2) is 8.78 Å². The molecule has 1 heterocycles. The first-order valence-electron chi connectivity index (χ1n) is 5.95. The lowest BCUT2D eigenvalue weighted by Gasteiger charge is -2.35. The van der Waals surface area contributed by atoms with E-state index in [4.69, 9.17) is 0 Å². The van der Waals surface area contributed by atoms with Crippen LogP contribution in [-0.4, -0.2) is 53.0 Å². The van der Waals surface area contributed by atoms with Gasteiger partial charge in [0.25, 0.3) is 5.92 Å². The van der Waals surface area contributed by atoms with Crippen LogP contribution in [0.2, 0.25) is 0 Å². The number of aliphatic hydroxyl groups is 1. The van der Waals surface area contributed by atoms with Crippen LogP contribution in [0.4, 0.5) is 8.78 Å². The molecule has 2 amide bonds. The van der Waals surface area contributed by atoms with Crippen molar-refractivity contribution in [2.24, 2.45) is 0 Å². The highest BCUT2D eigenvalue weighted by molar-refractivity contribution is 6.35. The number of rotatable bonds is 0. The fourth-order valence-electron chi connectivity index (χ4n) is 3.03. The Bertz CT molecular complexity index is 380. The molecule has 0 bridgehead atoms. The molecule has 1 saturated heterocycles. The Morgan fingerprint density at radius 1 is 1.33 bits per heavy atom. The van der Waals surface area contributed by atoms with Gasteiger partial charge in [-0.15, -0.1) is 0 Å². The number of likely N-dealkylation sites (tertiary alicyclic amines) is 1. The normalized spacial score (nSPS) is 28.7. The molecule has 18 heavy (non-hydrogen) atoms. The van der Waals surface area contributed by atoms with Gasteiger partial charge in [0.2, 0.25) is 0 Å². The van der Waals surface area contributed by atoms with Crippen LogP contribution in [0.1, 0.15) is 25.7 Å². The monoisotopic (exact) mass is 262 g/mol. The van der Waals surface area contributed by atoms with Gasteiger partial charge in [0.1, 0.15) is 6.10 Å². The summed E-state index contributed by atoms with van der Waals surface area (Å²) in [4.78, 5) is 24.0. The van der Waals surface area contributed by atoms with Crippen LogP contribution in [0.15, 0.2) is 0 Å². The standard InChI is InChI=1S/C11H16F2N2O3/c1-14-7(16)8(17)15-6-11(12,13)9(18)10(15)4-2-3-5-10/h9,18H,2-6H2,1H3,(H,14,16). The molecule has 0 aromatic rings. The predicted octanol–water partition coefficient (Wildman–Crippen LogP) is -0.116. The first-order chi connectivity index (χ1) is 8.35. The maximum Gasteiger partial charge on any atom is 0.312 e. The van der Waals surface area contributed by atoms with Gasteiger partial charge in [-0.05, 0) is 12.8 Å². The van der Waals surface area contributed by atoms with E-state index in [1.165, 1.54) is 7.05 Å². The number of nitrogens with one attached hydrogen (secondary N) is 1. The molecule has 1 spiro atoms. The zero-order chi connectivity index (χ0) is 13.6. The Hall–Kier alpha value is -1.24. The van der Waals surface area contributed by atoms with Gasteiger partial charge in [0.05, 0.1) is 12.1 Å². The van der Waals surface area contributed by atoms with Gasteiger partial charge in [-0.1, -0.05) is 12.8 Å². The third-order valence-electron chi connectivity index (χ3n) is 3.95. The maximum absolute atomic E-state index is 13.6. The summed E-state index contributed by atoms with van der Waals surface area (Å²) in [6.07, 6.45) is 0.0787. The first kappa shape index (κ1) is 13.2. The summed E-state index contributed by atoms with van der Waals surface area (Å²) in [7, 11) is 1.27. The average molecular weight is 262 g/mol. The number of amides is 2. The van der Waals surface area contributed by atoms with E-state index in [-0.39, 0.29) is 0 Å². The van der Waals surface area contributed by atoms with Crippen molar-refractivity contribution in [1.29, 1.82) is 0 Å². The van der Waals surface area contributed by atoms with E-state index in [1.807, 2.05) is 0 Å². The predicted molar refractivity (Wildman–Crippen MR) is 57.9 cm³/mol. The second-order valence-corrected chi connectivity index (χ2v) is 4.94. The average Bonchev–Trinajstić information content (AvgIpc) is 2.89. The van der Waals surface area contributed by atoms with E-state index in [0.717, 1.165) is 4.90 Å². The zero-order valence-electron chi connectivity index (χ0n) is 10.1. The van der Waals surface area contributed by atoms with Crippen LogP contribution < -0.4 is 5.32 Å².